The summed E-state index contributed by atoms with van der Waals surface area (Å²) in [6, 6.07) is 2.08. The molecule has 0 aliphatic carbocycles. The van der Waals surface area contributed by atoms with Crippen molar-refractivity contribution in [2.75, 3.05) is 26.4 Å². The standard InChI is InChI=1S/C10H19NO6P2/c1-3-14-18(12)16-7-5-10(9-11)6-8-17-19(13)15-4-2/h10H,3-8H2,1-2H3/q+2. The monoisotopic (exact) mass is 311 g/mol. The Morgan fingerprint density at radius 2 is 1.37 bits per heavy atom. The van der Waals surface area contributed by atoms with Gasteiger partial charge in [-0.2, -0.15) is 5.26 Å². The summed E-state index contributed by atoms with van der Waals surface area (Å²) >= 11 is 0. The van der Waals surface area contributed by atoms with Crippen LogP contribution >= 0.6 is 16.5 Å². The molecule has 0 fully saturated rings. The summed E-state index contributed by atoms with van der Waals surface area (Å²) in [6.07, 6.45) is 0.832. The van der Waals surface area contributed by atoms with E-state index in [-0.39, 0.29) is 19.1 Å². The van der Waals surface area contributed by atoms with Gasteiger partial charge in [-0.1, -0.05) is 0 Å². The number of nitriles is 1. The Morgan fingerprint density at radius 1 is 0.947 bits per heavy atom. The number of rotatable bonds is 12. The lowest BCUT2D eigenvalue weighted by Crippen LogP contribution is -2.05. The largest absolute Gasteiger partial charge is 0.697 e. The maximum absolute atomic E-state index is 11.0. The first-order valence-electron chi connectivity index (χ1n) is 5.99. The molecule has 2 atom stereocenters. The minimum atomic E-state index is -2.10. The molecule has 0 amide bonds. The van der Waals surface area contributed by atoms with Crippen molar-refractivity contribution in [3.63, 3.8) is 0 Å². The highest BCUT2D eigenvalue weighted by Crippen LogP contribution is 2.26. The second-order valence-corrected chi connectivity index (χ2v) is 5.28. The highest BCUT2D eigenvalue weighted by Gasteiger charge is 2.22. The summed E-state index contributed by atoms with van der Waals surface area (Å²) < 4.78 is 41.3. The minimum Gasteiger partial charge on any atom is -0.198 e. The summed E-state index contributed by atoms with van der Waals surface area (Å²) in [5.74, 6) is -0.310. The van der Waals surface area contributed by atoms with Crippen LogP contribution in [0.2, 0.25) is 0 Å². The molecule has 9 heteroatoms. The zero-order valence-electron chi connectivity index (χ0n) is 11.1. The summed E-state index contributed by atoms with van der Waals surface area (Å²) in [5.41, 5.74) is 0. The highest BCUT2D eigenvalue weighted by atomic mass is 31.1. The van der Waals surface area contributed by atoms with Crippen LogP contribution in [0.4, 0.5) is 0 Å². The molecule has 0 aromatic heterocycles. The third kappa shape index (κ3) is 11.1. The Hall–Kier alpha value is -0.470. The van der Waals surface area contributed by atoms with Gasteiger partial charge in [-0.3, -0.25) is 0 Å². The third-order valence-corrected chi connectivity index (χ3v) is 3.70. The summed E-state index contributed by atoms with van der Waals surface area (Å²) in [5, 5.41) is 8.89. The topological polar surface area (TPSA) is 94.9 Å². The van der Waals surface area contributed by atoms with Gasteiger partial charge in [-0.15, -0.1) is 18.1 Å². The summed E-state index contributed by atoms with van der Waals surface area (Å²) in [6.45, 7) is 4.40. The lowest BCUT2D eigenvalue weighted by atomic mass is 10.1. The molecular formula is C10H19NO6P2+2. The average molecular weight is 311 g/mol. The van der Waals surface area contributed by atoms with E-state index in [0.29, 0.717) is 26.1 Å². The van der Waals surface area contributed by atoms with E-state index in [1.54, 1.807) is 13.8 Å². The molecule has 0 aliphatic rings. The Bertz CT molecular complexity index is 296. The van der Waals surface area contributed by atoms with Crippen LogP contribution < -0.4 is 0 Å². The zero-order chi connectivity index (χ0) is 14.5. The Balaban J connectivity index is 3.69. The molecule has 0 aromatic carbocycles. The van der Waals surface area contributed by atoms with Crippen LogP contribution in [-0.2, 0) is 27.2 Å². The first kappa shape index (κ1) is 18.5. The van der Waals surface area contributed by atoms with Crippen molar-refractivity contribution in [2.24, 2.45) is 5.92 Å². The van der Waals surface area contributed by atoms with Crippen LogP contribution in [0.5, 0.6) is 0 Å². The molecule has 0 saturated heterocycles. The van der Waals surface area contributed by atoms with E-state index in [9.17, 15) is 9.13 Å². The molecule has 7 nitrogen and oxygen atoms in total. The van der Waals surface area contributed by atoms with Gasteiger partial charge >= 0.3 is 16.5 Å². The second-order valence-electron chi connectivity index (χ2n) is 3.35. The fraction of sp³-hybridized carbons (Fsp3) is 0.900. The lowest BCUT2D eigenvalue weighted by molar-refractivity contribution is 0.207. The van der Waals surface area contributed by atoms with E-state index in [1.165, 1.54) is 0 Å². The van der Waals surface area contributed by atoms with Crippen LogP contribution in [0.1, 0.15) is 26.7 Å². The van der Waals surface area contributed by atoms with E-state index >= 15 is 0 Å². The normalized spacial score (nSPS) is 13.7. The van der Waals surface area contributed by atoms with Gasteiger partial charge in [0.2, 0.25) is 0 Å². The van der Waals surface area contributed by atoms with Crippen molar-refractivity contribution in [1.82, 2.24) is 0 Å². The van der Waals surface area contributed by atoms with Gasteiger partial charge in [0, 0.05) is 9.13 Å². The van der Waals surface area contributed by atoms with E-state index in [1.807, 2.05) is 0 Å². The fourth-order valence-corrected chi connectivity index (χ4v) is 2.18. The van der Waals surface area contributed by atoms with Crippen molar-refractivity contribution >= 4 is 16.5 Å². The SMILES string of the molecule is CCO[P+](=O)OCCC(C#N)CCO[P+](=O)OCC. The molecule has 0 radical (unpaired) electrons. The molecule has 0 bridgehead atoms. The molecule has 0 rings (SSSR count). The van der Waals surface area contributed by atoms with Gasteiger partial charge in [0.1, 0.15) is 26.4 Å². The molecular weight excluding hydrogens is 292 g/mol. The first-order chi connectivity index (χ1) is 9.13. The van der Waals surface area contributed by atoms with Crippen LogP contribution in [-0.4, -0.2) is 26.4 Å². The van der Waals surface area contributed by atoms with Crippen LogP contribution in [0.15, 0.2) is 0 Å². The van der Waals surface area contributed by atoms with Crippen molar-refractivity contribution in [3.8, 4) is 6.07 Å². The molecule has 19 heavy (non-hydrogen) atoms. The van der Waals surface area contributed by atoms with Crippen molar-refractivity contribution in [2.45, 2.75) is 26.7 Å². The minimum absolute atomic E-state index is 0.172. The molecule has 0 saturated carbocycles. The molecule has 0 aromatic rings. The van der Waals surface area contributed by atoms with Gasteiger partial charge < -0.3 is 0 Å². The third-order valence-electron chi connectivity index (χ3n) is 1.98. The van der Waals surface area contributed by atoms with E-state index < -0.39 is 16.5 Å². The average Bonchev–Trinajstić information content (AvgIpc) is 2.37. The molecule has 0 spiro atoms. The number of hydrogen-bond acceptors (Lipinski definition) is 7. The smallest absolute Gasteiger partial charge is 0.198 e. The Kier molecular flexibility index (Phi) is 12.2. The van der Waals surface area contributed by atoms with Crippen LogP contribution in [0.3, 0.4) is 0 Å². The van der Waals surface area contributed by atoms with Gasteiger partial charge in [0.05, 0.1) is 12.0 Å². The Labute approximate surface area is 115 Å². The maximum Gasteiger partial charge on any atom is 0.697 e. The van der Waals surface area contributed by atoms with Gasteiger partial charge in [0.15, 0.2) is 0 Å². The van der Waals surface area contributed by atoms with Gasteiger partial charge in [-0.25, -0.2) is 0 Å². The second kappa shape index (κ2) is 12.6. The zero-order valence-corrected chi connectivity index (χ0v) is 12.9. The number of nitrogens with zero attached hydrogens (tertiary/aromatic N) is 1. The quantitative estimate of drug-likeness (QED) is 0.510. The molecule has 2 unspecified atom stereocenters. The van der Waals surface area contributed by atoms with Crippen LogP contribution in [0, 0.1) is 17.2 Å². The molecule has 108 valence electrons. The van der Waals surface area contributed by atoms with Crippen molar-refractivity contribution in [1.29, 1.82) is 5.26 Å². The van der Waals surface area contributed by atoms with E-state index in [0.717, 1.165) is 0 Å². The fourth-order valence-electron chi connectivity index (χ4n) is 1.10. The van der Waals surface area contributed by atoms with Gasteiger partial charge in [-0.05, 0) is 26.7 Å². The van der Waals surface area contributed by atoms with Gasteiger partial charge in [0.25, 0.3) is 0 Å². The number of hydrogen-bond donors (Lipinski definition) is 0. The first-order valence-corrected chi connectivity index (χ1v) is 8.18. The molecule has 0 heterocycles. The Morgan fingerprint density at radius 3 is 1.68 bits per heavy atom. The lowest BCUT2D eigenvalue weighted by Gasteiger charge is -2.02. The van der Waals surface area contributed by atoms with E-state index in [2.05, 4.69) is 6.07 Å². The molecule has 0 aliphatic heterocycles. The van der Waals surface area contributed by atoms with Crippen molar-refractivity contribution < 1.29 is 27.2 Å². The molecule has 0 N–H and O–H groups in total. The summed E-state index contributed by atoms with van der Waals surface area (Å²) in [4.78, 5) is 0. The van der Waals surface area contributed by atoms with Crippen LogP contribution in [0.25, 0.3) is 0 Å². The predicted octanol–water partition coefficient (Wildman–Crippen LogP) is 3.33. The van der Waals surface area contributed by atoms with E-state index in [4.69, 9.17) is 23.4 Å². The highest BCUT2D eigenvalue weighted by molar-refractivity contribution is 7.33. The van der Waals surface area contributed by atoms with Crippen molar-refractivity contribution in [3.05, 3.63) is 0 Å². The maximum atomic E-state index is 11.0. The summed E-state index contributed by atoms with van der Waals surface area (Å²) in [7, 11) is -4.20. The predicted molar refractivity (Wildman–Crippen MR) is 68.7 cm³/mol.